The molecule has 0 radical (unpaired) electrons. The van der Waals surface area contributed by atoms with E-state index in [1.807, 2.05) is 0 Å². The number of Topliss-reactive ketones (excluding diaryl/α,β-unsaturated/α-hetero) is 2. The van der Waals surface area contributed by atoms with Gasteiger partial charge >= 0.3 is 0 Å². The maximum atomic E-state index is 14.2. The highest BCUT2D eigenvalue weighted by atomic mass is 16.1. The molecule has 2 aromatic rings. The molecule has 0 N–H and O–H groups in total. The van der Waals surface area contributed by atoms with E-state index >= 15 is 0 Å². The summed E-state index contributed by atoms with van der Waals surface area (Å²) in [7, 11) is 0. The lowest BCUT2D eigenvalue weighted by Crippen LogP contribution is -2.48. The molecule has 0 saturated heterocycles. The van der Waals surface area contributed by atoms with E-state index in [0.717, 1.165) is 55.4 Å². The van der Waals surface area contributed by atoms with Crippen molar-refractivity contribution in [2.75, 3.05) is 0 Å². The first-order valence-electron chi connectivity index (χ1n) is 15.0. The number of nitrogens with zero attached hydrogens (tertiary/aromatic N) is 2. The number of rotatable bonds is 4. The number of carbonyl (C=O) groups is 2. The second-order valence-corrected chi connectivity index (χ2v) is 14.0. The van der Waals surface area contributed by atoms with Crippen molar-refractivity contribution < 1.29 is 9.59 Å². The standard InChI is InChI=1S/C34H44N2O2/c1-6-16-35-21-24(23-14-10-11-15-25(23)35)30-31-26(17-33(2,3)19-28(31)37)36(22-12-8-7-9-13-22)27-18-34(4,5)20-29(38)32(27)30/h10-11,14-15,21-22,30H,6-9,12-13,16-20H2,1-5H3. The monoisotopic (exact) mass is 512 g/mol. The number of benzene rings is 1. The van der Waals surface area contributed by atoms with Crippen LogP contribution in [0, 0.1) is 10.8 Å². The van der Waals surface area contributed by atoms with E-state index in [1.54, 1.807) is 0 Å². The van der Waals surface area contributed by atoms with Crippen LogP contribution in [0.3, 0.4) is 0 Å². The molecule has 0 spiro atoms. The van der Waals surface area contributed by atoms with E-state index < -0.39 is 0 Å². The molecule has 202 valence electrons. The summed E-state index contributed by atoms with van der Waals surface area (Å²) in [4.78, 5) is 31.0. The number of ketones is 2. The van der Waals surface area contributed by atoms with Gasteiger partial charge in [-0.3, -0.25) is 9.59 Å². The Bertz CT molecular complexity index is 1310. The molecule has 2 heterocycles. The van der Waals surface area contributed by atoms with Crippen LogP contribution in [0.4, 0.5) is 0 Å². The summed E-state index contributed by atoms with van der Waals surface area (Å²) >= 11 is 0. The Morgan fingerprint density at radius 1 is 0.816 bits per heavy atom. The lowest BCUT2D eigenvalue weighted by Gasteiger charge is -2.52. The third-order valence-electron chi connectivity index (χ3n) is 9.49. The quantitative estimate of drug-likeness (QED) is 0.416. The van der Waals surface area contributed by atoms with Gasteiger partial charge in [0.15, 0.2) is 11.6 Å². The van der Waals surface area contributed by atoms with E-state index in [0.29, 0.717) is 18.9 Å². The van der Waals surface area contributed by atoms with E-state index in [2.05, 4.69) is 74.5 Å². The minimum Gasteiger partial charge on any atom is -0.347 e. The number of para-hydroxylation sites is 1. The summed E-state index contributed by atoms with van der Waals surface area (Å²) in [6, 6.07) is 8.97. The first-order valence-corrected chi connectivity index (χ1v) is 15.0. The summed E-state index contributed by atoms with van der Waals surface area (Å²) < 4.78 is 2.34. The molecule has 0 bridgehead atoms. The molecule has 6 rings (SSSR count). The maximum Gasteiger partial charge on any atom is 0.162 e. The minimum atomic E-state index is -0.255. The van der Waals surface area contributed by atoms with Crippen LogP contribution in [0.1, 0.15) is 110 Å². The molecule has 1 aliphatic heterocycles. The molecule has 1 fully saturated rings. The summed E-state index contributed by atoms with van der Waals surface area (Å²) in [5.74, 6) is 0.243. The van der Waals surface area contributed by atoms with Crippen LogP contribution in [0.15, 0.2) is 53.0 Å². The van der Waals surface area contributed by atoms with Crippen molar-refractivity contribution >= 4 is 22.5 Å². The molecule has 4 aliphatic rings. The molecule has 1 aromatic heterocycles. The second-order valence-electron chi connectivity index (χ2n) is 14.0. The van der Waals surface area contributed by atoms with Gasteiger partial charge < -0.3 is 9.47 Å². The van der Waals surface area contributed by atoms with Gasteiger partial charge in [0, 0.05) is 71.0 Å². The van der Waals surface area contributed by atoms with Crippen molar-refractivity contribution in [2.24, 2.45) is 10.8 Å². The zero-order valence-corrected chi connectivity index (χ0v) is 24.0. The van der Waals surface area contributed by atoms with Gasteiger partial charge in [-0.25, -0.2) is 0 Å². The number of allylic oxidation sites excluding steroid dienone is 4. The Hall–Kier alpha value is -2.62. The number of hydrogen-bond donors (Lipinski definition) is 0. The number of aromatic nitrogens is 1. The highest BCUT2D eigenvalue weighted by Gasteiger charge is 2.50. The van der Waals surface area contributed by atoms with Gasteiger partial charge in [0.1, 0.15) is 0 Å². The van der Waals surface area contributed by atoms with Crippen molar-refractivity contribution in [3.63, 3.8) is 0 Å². The van der Waals surface area contributed by atoms with Gasteiger partial charge in [0.25, 0.3) is 0 Å². The minimum absolute atomic E-state index is 0.0736. The van der Waals surface area contributed by atoms with E-state index in [-0.39, 0.29) is 28.3 Å². The zero-order valence-electron chi connectivity index (χ0n) is 24.0. The summed E-state index contributed by atoms with van der Waals surface area (Å²) in [6.07, 6.45) is 12.3. The Balaban J connectivity index is 1.64. The van der Waals surface area contributed by atoms with Crippen LogP contribution in [-0.4, -0.2) is 27.1 Å². The summed E-state index contributed by atoms with van der Waals surface area (Å²) in [5.41, 5.74) is 6.54. The molecule has 38 heavy (non-hydrogen) atoms. The van der Waals surface area contributed by atoms with Crippen LogP contribution < -0.4 is 0 Å². The van der Waals surface area contributed by atoms with Gasteiger partial charge in [0.05, 0.1) is 0 Å². The molecule has 4 nitrogen and oxygen atoms in total. The topological polar surface area (TPSA) is 42.3 Å². The predicted octanol–water partition coefficient (Wildman–Crippen LogP) is 8.07. The SMILES string of the molecule is CCCn1cc(C2C3=C(CC(C)(C)CC3=O)N(C3CCCCC3)C3=C2C(=O)CC(C)(C)C3)c2ccccc21. The average molecular weight is 513 g/mol. The Kier molecular flexibility index (Phi) is 6.24. The fourth-order valence-electron chi connectivity index (χ4n) is 8.02. The Morgan fingerprint density at radius 3 is 1.97 bits per heavy atom. The van der Waals surface area contributed by atoms with E-state index in [9.17, 15) is 9.59 Å². The largest absolute Gasteiger partial charge is 0.347 e. The third-order valence-corrected chi connectivity index (χ3v) is 9.49. The highest BCUT2D eigenvalue weighted by molar-refractivity contribution is 6.08. The van der Waals surface area contributed by atoms with Gasteiger partial charge in [-0.2, -0.15) is 0 Å². The fourth-order valence-corrected chi connectivity index (χ4v) is 8.02. The molecule has 4 heteroatoms. The third kappa shape index (κ3) is 4.19. The molecule has 0 amide bonds. The number of aryl methyl sites for hydroxylation is 1. The maximum absolute atomic E-state index is 14.2. The first kappa shape index (κ1) is 25.6. The number of fused-ring (bicyclic) bond motifs is 1. The van der Waals surface area contributed by atoms with Crippen molar-refractivity contribution in [1.82, 2.24) is 9.47 Å². The van der Waals surface area contributed by atoms with Crippen LogP contribution in [0.2, 0.25) is 0 Å². The normalized spacial score (nSPS) is 24.3. The van der Waals surface area contributed by atoms with Crippen molar-refractivity contribution in [3.05, 3.63) is 58.6 Å². The second kappa shape index (κ2) is 9.24. The molecule has 0 unspecified atom stereocenters. The number of hydrogen-bond acceptors (Lipinski definition) is 3. The van der Waals surface area contributed by atoms with E-state index in [4.69, 9.17) is 0 Å². The van der Waals surface area contributed by atoms with Crippen molar-refractivity contribution in [3.8, 4) is 0 Å². The van der Waals surface area contributed by atoms with Crippen molar-refractivity contribution in [1.29, 1.82) is 0 Å². The molecule has 1 saturated carbocycles. The Morgan fingerprint density at radius 2 is 1.39 bits per heavy atom. The molecular weight excluding hydrogens is 468 g/mol. The summed E-state index contributed by atoms with van der Waals surface area (Å²) in [6.45, 7) is 12.1. The van der Waals surface area contributed by atoms with Crippen LogP contribution in [-0.2, 0) is 16.1 Å². The van der Waals surface area contributed by atoms with Gasteiger partial charge in [-0.05, 0) is 54.6 Å². The fraction of sp³-hybridized carbons (Fsp3) is 0.588. The van der Waals surface area contributed by atoms with Gasteiger partial charge in [0.2, 0.25) is 0 Å². The average Bonchev–Trinajstić information content (AvgIpc) is 3.20. The molecule has 0 atom stereocenters. The predicted molar refractivity (Wildman–Crippen MR) is 154 cm³/mol. The zero-order chi connectivity index (χ0) is 26.8. The van der Waals surface area contributed by atoms with E-state index in [1.165, 1.54) is 41.6 Å². The summed E-state index contributed by atoms with van der Waals surface area (Å²) in [5, 5.41) is 1.19. The molecule has 3 aliphatic carbocycles. The lowest BCUT2D eigenvalue weighted by molar-refractivity contribution is -0.119. The smallest absolute Gasteiger partial charge is 0.162 e. The van der Waals surface area contributed by atoms with Crippen molar-refractivity contribution in [2.45, 2.75) is 117 Å². The van der Waals surface area contributed by atoms with Gasteiger partial charge in [-0.1, -0.05) is 72.1 Å². The van der Waals surface area contributed by atoms with Crippen LogP contribution in [0.5, 0.6) is 0 Å². The first-order chi connectivity index (χ1) is 18.1. The molecular formula is C34H44N2O2. The van der Waals surface area contributed by atoms with Crippen LogP contribution in [0.25, 0.3) is 10.9 Å². The van der Waals surface area contributed by atoms with Gasteiger partial charge in [-0.15, -0.1) is 0 Å². The lowest BCUT2D eigenvalue weighted by atomic mass is 9.63. The van der Waals surface area contributed by atoms with Crippen LogP contribution >= 0.6 is 0 Å². The number of carbonyl (C=O) groups excluding carboxylic acids is 2. The highest BCUT2D eigenvalue weighted by Crippen LogP contribution is 2.56. The molecule has 1 aromatic carbocycles. The Labute approximate surface area is 228 Å².